The van der Waals surface area contributed by atoms with Crippen molar-refractivity contribution >= 4 is 31.5 Å². The van der Waals surface area contributed by atoms with Crippen molar-refractivity contribution in [3.05, 3.63) is 83.3 Å². The molecule has 3 heterocycles. The molecule has 0 aliphatic heterocycles. The Morgan fingerprint density at radius 3 is 2.32 bits per heavy atom. The number of nitrogens with zero attached hydrogens (tertiary/aromatic N) is 2. The van der Waals surface area contributed by atoms with E-state index in [4.69, 9.17) is 4.98 Å². The normalized spacial score (nSPS) is 11.7. The molecule has 5 rings (SSSR count). The van der Waals surface area contributed by atoms with Crippen molar-refractivity contribution in [3.63, 3.8) is 0 Å². The predicted molar refractivity (Wildman–Crippen MR) is 134 cm³/mol. The summed E-state index contributed by atoms with van der Waals surface area (Å²) in [5, 5.41) is 2.63. The van der Waals surface area contributed by atoms with Gasteiger partial charge < -0.3 is 0 Å². The first-order valence-electron chi connectivity index (χ1n) is 10.8. The van der Waals surface area contributed by atoms with E-state index in [-0.39, 0.29) is 0 Å². The number of fused-ring (bicyclic) bond motifs is 3. The van der Waals surface area contributed by atoms with Crippen LogP contribution >= 0.6 is 11.3 Å². The highest BCUT2D eigenvalue weighted by molar-refractivity contribution is 7.26. The van der Waals surface area contributed by atoms with Gasteiger partial charge in [0.25, 0.3) is 0 Å². The lowest BCUT2D eigenvalue weighted by molar-refractivity contribution is 0.852. The van der Waals surface area contributed by atoms with E-state index in [0.29, 0.717) is 5.92 Å². The summed E-state index contributed by atoms with van der Waals surface area (Å²) in [6.45, 7) is 10.8. The van der Waals surface area contributed by atoms with E-state index in [2.05, 4.69) is 94.2 Å². The van der Waals surface area contributed by atoms with Gasteiger partial charge in [0.15, 0.2) is 0 Å². The number of aromatic nitrogens is 2. The molecule has 2 aromatic carbocycles. The van der Waals surface area contributed by atoms with Crippen LogP contribution in [0.15, 0.2) is 60.8 Å². The Hall–Kier alpha value is -3.04. The fraction of sp³-hybridized carbons (Fsp3) is 0.214. The molecule has 0 aliphatic carbocycles. The summed E-state index contributed by atoms with van der Waals surface area (Å²) in [6.07, 6.45) is 2.01. The summed E-state index contributed by atoms with van der Waals surface area (Å²) in [5.74, 6) is 0.490. The highest BCUT2D eigenvalue weighted by Gasteiger charge is 2.13. The zero-order valence-corrected chi connectivity index (χ0v) is 19.5. The van der Waals surface area contributed by atoms with Gasteiger partial charge in [-0.05, 0) is 73.2 Å². The van der Waals surface area contributed by atoms with Gasteiger partial charge in [0.05, 0.1) is 5.69 Å². The minimum Gasteiger partial charge on any atom is -0.258 e. The van der Waals surface area contributed by atoms with Crippen LogP contribution in [-0.2, 0) is 0 Å². The first kappa shape index (κ1) is 19.9. The number of hydrogen-bond acceptors (Lipinski definition) is 3. The van der Waals surface area contributed by atoms with Gasteiger partial charge in [0, 0.05) is 43.3 Å². The Bertz CT molecular complexity index is 1420. The van der Waals surface area contributed by atoms with Crippen molar-refractivity contribution in [1.82, 2.24) is 9.97 Å². The van der Waals surface area contributed by atoms with Crippen molar-refractivity contribution in [2.45, 2.75) is 40.5 Å². The third-order valence-electron chi connectivity index (χ3n) is 5.95. The Labute approximate surface area is 187 Å². The van der Waals surface area contributed by atoms with Crippen LogP contribution in [0.2, 0.25) is 0 Å². The molecule has 0 spiro atoms. The quantitative estimate of drug-likeness (QED) is 0.293. The first-order chi connectivity index (χ1) is 14.9. The minimum atomic E-state index is 0.490. The van der Waals surface area contributed by atoms with Crippen LogP contribution in [0.5, 0.6) is 0 Å². The number of rotatable bonds is 3. The molecule has 154 valence electrons. The van der Waals surface area contributed by atoms with Crippen molar-refractivity contribution in [3.8, 4) is 22.4 Å². The molecule has 0 saturated carbocycles. The van der Waals surface area contributed by atoms with Crippen LogP contribution in [0, 0.1) is 20.8 Å². The maximum Gasteiger partial charge on any atom is 0.0705 e. The molecule has 0 bridgehead atoms. The van der Waals surface area contributed by atoms with Gasteiger partial charge >= 0.3 is 0 Å². The highest BCUT2D eigenvalue weighted by Crippen LogP contribution is 2.41. The maximum atomic E-state index is 4.73. The van der Waals surface area contributed by atoms with Crippen molar-refractivity contribution in [1.29, 1.82) is 0 Å². The SMILES string of the molecule is Cc1cc(-c2cccc3c2sc2cc(-c4cc(C(C)C)c(C)cn4)ccc23)cc(C)n1. The van der Waals surface area contributed by atoms with Crippen LogP contribution in [0.3, 0.4) is 0 Å². The summed E-state index contributed by atoms with van der Waals surface area (Å²) >= 11 is 1.87. The zero-order valence-electron chi connectivity index (χ0n) is 18.7. The smallest absolute Gasteiger partial charge is 0.0705 e. The fourth-order valence-corrected chi connectivity index (χ4v) is 5.77. The second kappa shape index (κ2) is 7.58. The number of aryl methyl sites for hydroxylation is 3. The van der Waals surface area contributed by atoms with E-state index in [9.17, 15) is 0 Å². The molecule has 0 N–H and O–H groups in total. The van der Waals surface area contributed by atoms with Gasteiger partial charge in [-0.2, -0.15) is 0 Å². The van der Waals surface area contributed by atoms with Gasteiger partial charge in [-0.15, -0.1) is 11.3 Å². The highest BCUT2D eigenvalue weighted by atomic mass is 32.1. The minimum absolute atomic E-state index is 0.490. The van der Waals surface area contributed by atoms with E-state index < -0.39 is 0 Å². The fourth-order valence-electron chi connectivity index (χ4n) is 4.49. The molecule has 0 atom stereocenters. The third kappa shape index (κ3) is 3.53. The van der Waals surface area contributed by atoms with Crippen molar-refractivity contribution < 1.29 is 0 Å². The average molecular weight is 423 g/mol. The molecule has 0 fully saturated rings. The van der Waals surface area contributed by atoms with E-state index in [1.807, 2.05) is 17.5 Å². The standard InChI is InChI=1S/C28H26N2S/c1-16(2)25-14-26(29-15-17(25)3)20-9-10-23-24-8-6-7-22(28(24)31-27(23)13-20)21-11-18(4)30-19(5)12-21/h6-16H,1-5H3. The van der Waals surface area contributed by atoms with Crippen LogP contribution in [0.25, 0.3) is 42.6 Å². The van der Waals surface area contributed by atoms with Gasteiger partial charge in [0.2, 0.25) is 0 Å². The Balaban J connectivity index is 1.69. The summed E-state index contributed by atoms with van der Waals surface area (Å²) in [7, 11) is 0. The largest absolute Gasteiger partial charge is 0.258 e. The van der Waals surface area contributed by atoms with Gasteiger partial charge in [-0.1, -0.05) is 44.2 Å². The number of benzene rings is 2. The van der Waals surface area contributed by atoms with Gasteiger partial charge in [-0.25, -0.2) is 0 Å². The zero-order chi connectivity index (χ0) is 21.7. The molecule has 0 unspecified atom stereocenters. The monoisotopic (exact) mass is 422 g/mol. The lowest BCUT2D eigenvalue weighted by Crippen LogP contribution is -1.95. The Morgan fingerprint density at radius 1 is 0.806 bits per heavy atom. The Kier molecular flexibility index (Phi) is 4.86. The summed E-state index contributed by atoms with van der Waals surface area (Å²) in [5.41, 5.74) is 9.49. The second-order valence-electron chi connectivity index (χ2n) is 8.71. The lowest BCUT2D eigenvalue weighted by atomic mass is 9.97. The number of pyridine rings is 2. The van der Waals surface area contributed by atoms with Crippen LogP contribution in [-0.4, -0.2) is 9.97 Å². The lowest BCUT2D eigenvalue weighted by Gasteiger charge is -2.11. The molecule has 2 nitrogen and oxygen atoms in total. The maximum absolute atomic E-state index is 4.73. The molecule has 3 aromatic heterocycles. The summed E-state index contributed by atoms with van der Waals surface area (Å²) < 4.78 is 2.63. The van der Waals surface area contributed by atoms with Gasteiger partial charge in [-0.3, -0.25) is 9.97 Å². The van der Waals surface area contributed by atoms with E-state index >= 15 is 0 Å². The Morgan fingerprint density at radius 2 is 1.58 bits per heavy atom. The molecule has 0 amide bonds. The third-order valence-corrected chi connectivity index (χ3v) is 7.16. The van der Waals surface area contributed by atoms with E-state index in [1.165, 1.54) is 48.0 Å². The summed E-state index contributed by atoms with van der Waals surface area (Å²) in [4.78, 5) is 9.28. The van der Waals surface area contributed by atoms with Gasteiger partial charge in [0.1, 0.15) is 0 Å². The molecular weight excluding hydrogens is 396 g/mol. The van der Waals surface area contributed by atoms with Crippen molar-refractivity contribution in [2.75, 3.05) is 0 Å². The molecule has 0 aliphatic rings. The van der Waals surface area contributed by atoms with Crippen LogP contribution in [0.4, 0.5) is 0 Å². The van der Waals surface area contributed by atoms with Crippen LogP contribution in [0.1, 0.15) is 42.3 Å². The molecule has 5 aromatic rings. The predicted octanol–water partition coefficient (Wildman–Crippen LogP) is 8.23. The number of thiophene rings is 1. The molecule has 3 heteroatoms. The summed E-state index contributed by atoms with van der Waals surface area (Å²) in [6, 6.07) is 20.0. The van der Waals surface area contributed by atoms with E-state index in [1.54, 1.807) is 0 Å². The van der Waals surface area contributed by atoms with Crippen LogP contribution < -0.4 is 0 Å². The molecule has 0 saturated heterocycles. The van der Waals surface area contributed by atoms with Crippen molar-refractivity contribution in [2.24, 2.45) is 0 Å². The molecular formula is C28H26N2S. The second-order valence-corrected chi connectivity index (χ2v) is 9.77. The first-order valence-corrected chi connectivity index (χ1v) is 11.6. The van der Waals surface area contributed by atoms with E-state index in [0.717, 1.165) is 17.1 Å². The average Bonchev–Trinajstić information content (AvgIpc) is 3.11. The molecule has 31 heavy (non-hydrogen) atoms. The number of hydrogen-bond donors (Lipinski definition) is 0. The topological polar surface area (TPSA) is 25.8 Å². The molecule has 0 radical (unpaired) electrons.